The van der Waals surface area contributed by atoms with Crippen molar-refractivity contribution >= 4 is 11.3 Å². The number of rotatable bonds is 6. The maximum Gasteiger partial charge on any atom is 0.109 e. The van der Waals surface area contributed by atoms with Crippen LogP contribution in [0.4, 0.5) is 0 Å². The fourth-order valence-corrected chi connectivity index (χ4v) is 2.84. The van der Waals surface area contributed by atoms with Crippen molar-refractivity contribution < 1.29 is 5.11 Å². The Morgan fingerprint density at radius 1 is 1.38 bits per heavy atom. The number of thiazole rings is 1. The van der Waals surface area contributed by atoms with Crippen LogP contribution in [-0.4, -0.2) is 16.6 Å². The largest absolute Gasteiger partial charge is 0.387 e. The Bertz CT molecular complexity index is 615. The fraction of sp³-hybridized carbons (Fsp3) is 0.375. The van der Waals surface area contributed by atoms with Gasteiger partial charge in [-0.25, -0.2) is 4.98 Å². The second kappa shape index (κ2) is 7.32. The molecule has 0 amide bonds. The van der Waals surface area contributed by atoms with Gasteiger partial charge in [-0.2, -0.15) is 5.26 Å². The zero-order valence-electron chi connectivity index (χ0n) is 12.2. The quantitative estimate of drug-likeness (QED) is 0.860. The number of hydrogen-bond acceptors (Lipinski definition) is 5. The lowest BCUT2D eigenvalue weighted by Gasteiger charge is -2.16. The summed E-state index contributed by atoms with van der Waals surface area (Å²) in [5.41, 5.74) is 1.41. The predicted octanol–water partition coefficient (Wildman–Crippen LogP) is 2.96. The summed E-state index contributed by atoms with van der Waals surface area (Å²) in [7, 11) is 0. The third-order valence-corrected chi connectivity index (χ3v) is 4.66. The number of aliphatic hydroxyl groups is 1. The average Bonchev–Trinajstić information content (AvgIpc) is 3.01. The number of benzene rings is 1. The van der Waals surface area contributed by atoms with Gasteiger partial charge in [0.1, 0.15) is 5.01 Å². The SMILES string of the molecule is CCc1cnc(C(C)NCC(O)c2ccc(C#N)cc2)s1. The lowest BCUT2D eigenvalue weighted by molar-refractivity contribution is 0.171. The van der Waals surface area contributed by atoms with E-state index in [-0.39, 0.29) is 6.04 Å². The predicted molar refractivity (Wildman–Crippen MR) is 84.0 cm³/mol. The Labute approximate surface area is 129 Å². The molecule has 0 radical (unpaired) electrons. The Morgan fingerprint density at radius 3 is 2.67 bits per heavy atom. The molecule has 21 heavy (non-hydrogen) atoms. The number of nitrogens with zero attached hydrogens (tertiary/aromatic N) is 2. The van der Waals surface area contributed by atoms with Crippen molar-refractivity contribution in [2.75, 3.05) is 6.54 Å². The summed E-state index contributed by atoms with van der Waals surface area (Å²) in [4.78, 5) is 5.67. The summed E-state index contributed by atoms with van der Waals surface area (Å²) in [6, 6.07) is 9.19. The second-order valence-electron chi connectivity index (χ2n) is 4.90. The molecule has 2 N–H and O–H groups in total. The molecule has 2 unspecified atom stereocenters. The highest BCUT2D eigenvalue weighted by Crippen LogP contribution is 2.21. The number of nitrogens with one attached hydrogen (secondary N) is 1. The maximum absolute atomic E-state index is 10.2. The van der Waals surface area contributed by atoms with Crippen LogP contribution in [0.25, 0.3) is 0 Å². The molecule has 0 aliphatic heterocycles. The van der Waals surface area contributed by atoms with E-state index in [2.05, 4.69) is 23.3 Å². The molecule has 0 aliphatic carbocycles. The van der Waals surface area contributed by atoms with Crippen LogP contribution in [0.5, 0.6) is 0 Å². The molecule has 0 spiro atoms. The molecule has 0 saturated heterocycles. The van der Waals surface area contributed by atoms with Crippen molar-refractivity contribution in [1.82, 2.24) is 10.3 Å². The Hall–Kier alpha value is -1.74. The minimum absolute atomic E-state index is 0.114. The Kier molecular flexibility index (Phi) is 5.45. The molecule has 1 aromatic heterocycles. The standard InChI is InChI=1S/C16H19N3OS/c1-3-14-9-19-16(21-14)11(2)18-10-15(20)13-6-4-12(8-17)5-7-13/h4-7,9,11,15,18,20H,3,10H2,1-2H3. The summed E-state index contributed by atoms with van der Waals surface area (Å²) in [6.07, 6.45) is 2.32. The number of nitriles is 1. The van der Waals surface area contributed by atoms with Gasteiger partial charge in [0.15, 0.2) is 0 Å². The van der Waals surface area contributed by atoms with Gasteiger partial charge in [0.05, 0.1) is 23.8 Å². The third-order valence-electron chi connectivity index (χ3n) is 3.33. The zero-order chi connectivity index (χ0) is 15.2. The Balaban J connectivity index is 1.90. The summed E-state index contributed by atoms with van der Waals surface area (Å²) >= 11 is 1.70. The van der Waals surface area contributed by atoms with E-state index in [9.17, 15) is 5.11 Å². The lowest BCUT2D eigenvalue weighted by Crippen LogP contribution is -2.24. The number of aryl methyl sites for hydroxylation is 1. The van der Waals surface area contributed by atoms with E-state index < -0.39 is 6.10 Å². The van der Waals surface area contributed by atoms with Crippen molar-refractivity contribution in [2.45, 2.75) is 32.4 Å². The van der Waals surface area contributed by atoms with Gasteiger partial charge >= 0.3 is 0 Å². The molecule has 0 fully saturated rings. The molecule has 2 aromatic rings. The minimum atomic E-state index is -0.592. The van der Waals surface area contributed by atoms with Crippen molar-refractivity contribution in [1.29, 1.82) is 5.26 Å². The van der Waals surface area contributed by atoms with Crippen LogP contribution in [0.3, 0.4) is 0 Å². The molecule has 2 rings (SSSR count). The first-order chi connectivity index (χ1) is 10.1. The van der Waals surface area contributed by atoms with Gasteiger partial charge in [0.2, 0.25) is 0 Å². The van der Waals surface area contributed by atoms with Crippen molar-refractivity contribution in [3.63, 3.8) is 0 Å². The van der Waals surface area contributed by atoms with Gasteiger partial charge in [0, 0.05) is 17.6 Å². The van der Waals surface area contributed by atoms with Crippen LogP contribution in [0.2, 0.25) is 0 Å². The lowest BCUT2D eigenvalue weighted by atomic mass is 10.1. The molecule has 5 heteroatoms. The van der Waals surface area contributed by atoms with E-state index in [0.29, 0.717) is 12.1 Å². The van der Waals surface area contributed by atoms with E-state index in [4.69, 9.17) is 5.26 Å². The molecular weight excluding hydrogens is 282 g/mol. The smallest absolute Gasteiger partial charge is 0.109 e. The van der Waals surface area contributed by atoms with Crippen LogP contribution in [0, 0.1) is 11.3 Å². The molecule has 0 saturated carbocycles. The van der Waals surface area contributed by atoms with Crippen LogP contribution in [0.15, 0.2) is 30.5 Å². The van der Waals surface area contributed by atoms with Gasteiger partial charge in [-0.05, 0) is 31.0 Å². The maximum atomic E-state index is 10.2. The molecule has 4 nitrogen and oxygen atoms in total. The Morgan fingerprint density at radius 2 is 2.10 bits per heavy atom. The molecule has 1 aromatic carbocycles. The first-order valence-corrected chi connectivity index (χ1v) is 7.81. The monoisotopic (exact) mass is 301 g/mol. The summed E-state index contributed by atoms with van der Waals surface area (Å²) in [6.45, 7) is 4.61. The van der Waals surface area contributed by atoms with Crippen molar-refractivity contribution in [2.24, 2.45) is 0 Å². The van der Waals surface area contributed by atoms with Crippen LogP contribution in [0.1, 0.15) is 47.0 Å². The molecule has 1 heterocycles. The number of hydrogen-bond donors (Lipinski definition) is 2. The van der Waals surface area contributed by atoms with Crippen LogP contribution in [-0.2, 0) is 6.42 Å². The third kappa shape index (κ3) is 4.11. The van der Waals surface area contributed by atoms with Crippen LogP contribution < -0.4 is 5.32 Å². The van der Waals surface area contributed by atoms with Gasteiger partial charge in [0.25, 0.3) is 0 Å². The highest BCUT2D eigenvalue weighted by Gasteiger charge is 2.13. The summed E-state index contributed by atoms with van der Waals surface area (Å²) in [5, 5.41) is 23.3. The van der Waals surface area contributed by atoms with Crippen LogP contribution >= 0.6 is 11.3 Å². The highest BCUT2D eigenvalue weighted by atomic mass is 32.1. The van der Waals surface area contributed by atoms with Gasteiger partial charge < -0.3 is 10.4 Å². The van der Waals surface area contributed by atoms with Gasteiger partial charge in [-0.3, -0.25) is 0 Å². The molecule has 110 valence electrons. The van der Waals surface area contributed by atoms with Crippen molar-refractivity contribution in [3.05, 3.63) is 51.5 Å². The first kappa shape index (κ1) is 15.6. The summed E-state index contributed by atoms with van der Waals surface area (Å²) < 4.78 is 0. The fourth-order valence-electron chi connectivity index (χ4n) is 1.96. The molecular formula is C16H19N3OS. The summed E-state index contributed by atoms with van der Waals surface area (Å²) in [5.74, 6) is 0. The average molecular weight is 301 g/mol. The van der Waals surface area contributed by atoms with Gasteiger partial charge in [-0.15, -0.1) is 11.3 Å². The number of aliphatic hydroxyl groups excluding tert-OH is 1. The topological polar surface area (TPSA) is 68.9 Å². The van der Waals surface area contributed by atoms with Crippen molar-refractivity contribution in [3.8, 4) is 6.07 Å². The highest BCUT2D eigenvalue weighted by molar-refractivity contribution is 7.11. The minimum Gasteiger partial charge on any atom is -0.387 e. The van der Waals surface area contributed by atoms with E-state index in [1.807, 2.05) is 13.1 Å². The van der Waals surface area contributed by atoms with Gasteiger partial charge in [-0.1, -0.05) is 19.1 Å². The normalized spacial score (nSPS) is 13.6. The molecule has 0 bridgehead atoms. The second-order valence-corrected chi connectivity index (χ2v) is 6.04. The van der Waals surface area contributed by atoms with E-state index in [1.54, 1.807) is 35.6 Å². The zero-order valence-corrected chi connectivity index (χ0v) is 13.0. The molecule has 2 atom stereocenters. The van der Waals surface area contributed by atoms with E-state index in [1.165, 1.54) is 4.88 Å². The number of aromatic nitrogens is 1. The van der Waals surface area contributed by atoms with E-state index >= 15 is 0 Å². The van der Waals surface area contributed by atoms with E-state index in [0.717, 1.165) is 17.0 Å². The first-order valence-electron chi connectivity index (χ1n) is 7.00. The molecule has 0 aliphatic rings.